The van der Waals surface area contributed by atoms with Crippen LogP contribution in [0.15, 0.2) is 34.6 Å². The normalized spacial score (nSPS) is 11.5. The summed E-state index contributed by atoms with van der Waals surface area (Å²) >= 11 is 0. The first-order valence-electron chi connectivity index (χ1n) is 3.86. The van der Waals surface area contributed by atoms with E-state index in [2.05, 4.69) is 15.2 Å². The van der Waals surface area contributed by atoms with Crippen LogP contribution in [0.5, 0.6) is 0 Å². The summed E-state index contributed by atoms with van der Waals surface area (Å²) in [5.41, 5.74) is 8.58. The van der Waals surface area contributed by atoms with Gasteiger partial charge in [0.2, 0.25) is 0 Å². The van der Waals surface area contributed by atoms with Gasteiger partial charge in [0.05, 0.1) is 6.04 Å². The molecular formula is C8H7FN4O. The second kappa shape index (κ2) is 4.94. The van der Waals surface area contributed by atoms with Crippen LogP contribution in [-0.4, -0.2) is 6.67 Å². The number of alkyl halides is 1. The lowest BCUT2D eigenvalue weighted by molar-refractivity contribution is 0.437. The summed E-state index contributed by atoms with van der Waals surface area (Å²) < 4.78 is 12.4. The van der Waals surface area contributed by atoms with E-state index in [0.29, 0.717) is 5.56 Å². The molecule has 1 aromatic carbocycles. The first kappa shape index (κ1) is 10.1. The summed E-state index contributed by atoms with van der Waals surface area (Å²) in [6.45, 7) is -0.851. The van der Waals surface area contributed by atoms with Gasteiger partial charge < -0.3 is 0 Å². The van der Waals surface area contributed by atoms with Crippen LogP contribution in [-0.2, 0) is 0 Å². The van der Waals surface area contributed by atoms with Crippen LogP contribution in [0.1, 0.15) is 11.6 Å². The van der Waals surface area contributed by atoms with Crippen LogP contribution in [0, 0.1) is 4.91 Å². The standard InChI is InChI=1S/C8H7FN4O/c9-5-8(11-13-10)6-3-1-2-4-7(6)12-14/h1-4,8H,5H2. The van der Waals surface area contributed by atoms with Crippen molar-refractivity contribution in [2.24, 2.45) is 10.3 Å². The van der Waals surface area contributed by atoms with Crippen LogP contribution in [0.4, 0.5) is 10.1 Å². The van der Waals surface area contributed by atoms with Crippen molar-refractivity contribution in [1.82, 2.24) is 0 Å². The van der Waals surface area contributed by atoms with Gasteiger partial charge in [0.15, 0.2) is 0 Å². The highest BCUT2D eigenvalue weighted by Gasteiger charge is 2.13. The van der Waals surface area contributed by atoms with Gasteiger partial charge in [-0.15, -0.1) is 4.91 Å². The molecule has 0 bridgehead atoms. The Hall–Kier alpha value is -1.94. The van der Waals surface area contributed by atoms with Gasteiger partial charge in [-0.1, -0.05) is 23.3 Å². The summed E-state index contributed by atoms with van der Waals surface area (Å²) in [5.74, 6) is 0. The molecule has 1 atom stereocenters. The van der Waals surface area contributed by atoms with Gasteiger partial charge >= 0.3 is 0 Å². The quantitative estimate of drug-likeness (QED) is 0.313. The molecule has 0 saturated carbocycles. The molecule has 0 amide bonds. The lowest BCUT2D eigenvalue weighted by Gasteiger charge is -2.07. The van der Waals surface area contributed by atoms with Gasteiger partial charge in [-0.3, -0.25) is 4.39 Å². The molecule has 0 heterocycles. The largest absolute Gasteiger partial charge is 0.250 e. The second-order valence-electron chi connectivity index (χ2n) is 2.53. The number of hydrogen-bond acceptors (Lipinski definition) is 3. The van der Waals surface area contributed by atoms with E-state index in [4.69, 9.17) is 5.53 Å². The fourth-order valence-corrected chi connectivity index (χ4v) is 1.09. The summed E-state index contributed by atoms with van der Waals surface area (Å²) in [7, 11) is 0. The molecule has 0 aliphatic rings. The minimum Gasteiger partial charge on any atom is -0.250 e. The molecule has 0 aromatic heterocycles. The fourth-order valence-electron chi connectivity index (χ4n) is 1.09. The first-order chi connectivity index (χ1) is 6.83. The molecule has 1 rings (SSSR count). The highest BCUT2D eigenvalue weighted by atomic mass is 19.1. The van der Waals surface area contributed by atoms with Crippen molar-refractivity contribution in [1.29, 1.82) is 0 Å². The lowest BCUT2D eigenvalue weighted by atomic mass is 10.1. The van der Waals surface area contributed by atoms with E-state index in [9.17, 15) is 9.30 Å². The van der Waals surface area contributed by atoms with Gasteiger partial charge in [-0.25, -0.2) is 0 Å². The summed E-state index contributed by atoms with van der Waals surface area (Å²) in [5, 5.41) is 5.95. The van der Waals surface area contributed by atoms with Gasteiger partial charge in [0.1, 0.15) is 12.4 Å². The van der Waals surface area contributed by atoms with Crippen molar-refractivity contribution in [3.63, 3.8) is 0 Å². The maximum Gasteiger partial charge on any atom is 0.111 e. The van der Waals surface area contributed by atoms with E-state index in [0.717, 1.165) is 0 Å². The highest BCUT2D eigenvalue weighted by Crippen LogP contribution is 2.28. The molecule has 1 aromatic rings. The smallest absolute Gasteiger partial charge is 0.111 e. The zero-order chi connectivity index (χ0) is 10.4. The monoisotopic (exact) mass is 194 g/mol. The van der Waals surface area contributed by atoms with E-state index in [-0.39, 0.29) is 5.69 Å². The summed E-state index contributed by atoms with van der Waals surface area (Å²) in [6, 6.07) is 5.20. The third-order valence-corrected chi connectivity index (χ3v) is 1.73. The fraction of sp³-hybridized carbons (Fsp3) is 0.250. The van der Waals surface area contributed by atoms with Crippen LogP contribution in [0.3, 0.4) is 0 Å². The molecule has 72 valence electrons. The minimum absolute atomic E-state index is 0.0996. The zero-order valence-corrected chi connectivity index (χ0v) is 7.17. The Balaban J connectivity index is 3.14. The van der Waals surface area contributed by atoms with Gasteiger partial charge in [-0.05, 0) is 22.3 Å². The maximum atomic E-state index is 12.4. The highest BCUT2D eigenvalue weighted by molar-refractivity contribution is 5.47. The molecule has 6 heteroatoms. The van der Waals surface area contributed by atoms with E-state index < -0.39 is 12.7 Å². The molecule has 0 aliphatic carbocycles. The molecule has 0 fully saturated rings. The Bertz CT molecular complexity index is 375. The molecule has 1 unspecified atom stereocenters. The van der Waals surface area contributed by atoms with Crippen LogP contribution < -0.4 is 0 Å². The van der Waals surface area contributed by atoms with E-state index in [1.165, 1.54) is 12.1 Å². The number of benzene rings is 1. The number of azide groups is 1. The maximum absolute atomic E-state index is 12.4. The Morgan fingerprint density at radius 1 is 1.50 bits per heavy atom. The first-order valence-corrected chi connectivity index (χ1v) is 3.86. The SMILES string of the molecule is [N-]=[N+]=NC(CF)c1ccccc1N=O. The Morgan fingerprint density at radius 2 is 2.21 bits per heavy atom. The molecule has 14 heavy (non-hydrogen) atoms. The number of nitrogens with zero attached hydrogens (tertiary/aromatic N) is 4. The van der Waals surface area contributed by atoms with Crippen LogP contribution >= 0.6 is 0 Å². The Kier molecular flexibility index (Phi) is 3.58. The molecular weight excluding hydrogens is 187 g/mol. The Labute approximate surface area is 79.2 Å². The van der Waals surface area contributed by atoms with Crippen molar-refractivity contribution in [3.8, 4) is 0 Å². The van der Waals surface area contributed by atoms with Gasteiger partial charge in [0, 0.05) is 4.91 Å². The molecule has 0 aliphatic heterocycles. The van der Waals surface area contributed by atoms with Crippen molar-refractivity contribution < 1.29 is 4.39 Å². The second-order valence-corrected chi connectivity index (χ2v) is 2.53. The van der Waals surface area contributed by atoms with E-state index in [1.54, 1.807) is 12.1 Å². The minimum atomic E-state index is -0.978. The molecule has 0 spiro atoms. The number of halogens is 1. The lowest BCUT2D eigenvalue weighted by Crippen LogP contribution is -1.96. The molecule has 5 nitrogen and oxygen atoms in total. The number of nitroso groups, excluding NO2 is 1. The van der Waals surface area contributed by atoms with Gasteiger partial charge in [-0.2, -0.15) is 0 Å². The van der Waals surface area contributed by atoms with E-state index in [1.807, 2.05) is 0 Å². The van der Waals surface area contributed by atoms with E-state index >= 15 is 0 Å². The van der Waals surface area contributed by atoms with Crippen molar-refractivity contribution in [2.45, 2.75) is 6.04 Å². The van der Waals surface area contributed by atoms with Crippen LogP contribution in [0.25, 0.3) is 10.4 Å². The average molecular weight is 194 g/mol. The molecule has 0 radical (unpaired) electrons. The van der Waals surface area contributed by atoms with Crippen LogP contribution in [0.2, 0.25) is 0 Å². The predicted molar refractivity (Wildman–Crippen MR) is 49.8 cm³/mol. The Morgan fingerprint density at radius 3 is 2.79 bits per heavy atom. The predicted octanol–water partition coefficient (Wildman–Crippen LogP) is 3.41. The number of hydrogen-bond donors (Lipinski definition) is 0. The molecule has 0 saturated heterocycles. The number of rotatable bonds is 4. The van der Waals surface area contributed by atoms with Gasteiger partial charge in [0.25, 0.3) is 0 Å². The summed E-state index contributed by atoms with van der Waals surface area (Å²) in [6.07, 6.45) is 0. The van der Waals surface area contributed by atoms with Crippen molar-refractivity contribution >= 4 is 5.69 Å². The third-order valence-electron chi connectivity index (χ3n) is 1.73. The topological polar surface area (TPSA) is 78.2 Å². The van der Waals surface area contributed by atoms with Crippen molar-refractivity contribution in [3.05, 3.63) is 45.2 Å². The molecule has 0 N–H and O–H groups in total. The van der Waals surface area contributed by atoms with Crippen molar-refractivity contribution in [2.75, 3.05) is 6.67 Å². The summed E-state index contributed by atoms with van der Waals surface area (Å²) in [4.78, 5) is 12.8. The average Bonchev–Trinajstić information content (AvgIpc) is 2.26. The third kappa shape index (κ3) is 2.05. The zero-order valence-electron chi connectivity index (χ0n) is 7.17.